The number of nitrogens with zero attached hydrogens (tertiary/aromatic N) is 2. The number of aryl methyl sites for hydroxylation is 1. The molecule has 1 aromatic rings. The second-order valence-electron chi connectivity index (χ2n) is 2.26. The van der Waals surface area contributed by atoms with Crippen LogP contribution in [0.4, 0.5) is 0 Å². The summed E-state index contributed by atoms with van der Waals surface area (Å²) >= 11 is 5.45. The van der Waals surface area contributed by atoms with Gasteiger partial charge in [-0.2, -0.15) is 4.98 Å². The molecular formula is C7H11ClN2O2. The van der Waals surface area contributed by atoms with Crippen molar-refractivity contribution in [2.45, 2.75) is 19.8 Å². The van der Waals surface area contributed by atoms with Gasteiger partial charge in [0.2, 0.25) is 5.89 Å². The van der Waals surface area contributed by atoms with Crippen LogP contribution in [0.2, 0.25) is 5.28 Å². The molecular weight excluding hydrogens is 180 g/mol. The van der Waals surface area contributed by atoms with E-state index >= 15 is 0 Å². The van der Waals surface area contributed by atoms with Crippen LogP contribution in [0.25, 0.3) is 0 Å². The van der Waals surface area contributed by atoms with Crippen molar-refractivity contribution in [2.24, 2.45) is 0 Å². The first-order valence-electron chi connectivity index (χ1n) is 3.88. The zero-order valence-electron chi connectivity index (χ0n) is 6.92. The Morgan fingerprint density at radius 2 is 2.42 bits per heavy atom. The maximum atomic E-state index is 5.45. The van der Waals surface area contributed by atoms with Crippen molar-refractivity contribution >= 4 is 11.6 Å². The van der Waals surface area contributed by atoms with E-state index in [1.165, 1.54) is 0 Å². The summed E-state index contributed by atoms with van der Waals surface area (Å²) in [7, 11) is 0. The van der Waals surface area contributed by atoms with Gasteiger partial charge in [0.25, 0.3) is 5.28 Å². The van der Waals surface area contributed by atoms with Crippen LogP contribution in [0.15, 0.2) is 4.52 Å². The molecule has 1 aromatic heterocycles. The average Bonchev–Trinajstić information content (AvgIpc) is 2.45. The van der Waals surface area contributed by atoms with Crippen LogP contribution in [0.1, 0.15) is 19.2 Å². The number of ether oxygens (including phenoxy) is 1. The molecule has 0 saturated heterocycles. The van der Waals surface area contributed by atoms with E-state index in [2.05, 4.69) is 10.1 Å². The molecule has 1 heterocycles. The number of aromatic nitrogens is 2. The largest absolute Gasteiger partial charge is 0.382 e. The normalized spacial score (nSPS) is 10.5. The van der Waals surface area contributed by atoms with Crippen LogP contribution < -0.4 is 0 Å². The summed E-state index contributed by atoms with van der Waals surface area (Å²) in [4.78, 5) is 3.84. The van der Waals surface area contributed by atoms with E-state index in [0.717, 1.165) is 26.1 Å². The second kappa shape index (κ2) is 5.11. The molecule has 0 spiro atoms. The Kier molecular flexibility index (Phi) is 4.04. The van der Waals surface area contributed by atoms with Gasteiger partial charge in [0.1, 0.15) is 0 Å². The lowest BCUT2D eigenvalue weighted by atomic mass is 10.3. The molecule has 0 aromatic carbocycles. The monoisotopic (exact) mass is 190 g/mol. The second-order valence-corrected chi connectivity index (χ2v) is 2.60. The predicted molar refractivity (Wildman–Crippen MR) is 44.1 cm³/mol. The van der Waals surface area contributed by atoms with Gasteiger partial charge in [0.15, 0.2) is 0 Å². The maximum absolute atomic E-state index is 5.45. The van der Waals surface area contributed by atoms with E-state index in [4.69, 9.17) is 20.9 Å². The summed E-state index contributed by atoms with van der Waals surface area (Å²) in [5.74, 6) is 0.569. The van der Waals surface area contributed by atoms with Crippen LogP contribution in [-0.2, 0) is 11.2 Å². The summed E-state index contributed by atoms with van der Waals surface area (Å²) in [6.45, 7) is 3.42. The highest BCUT2D eigenvalue weighted by atomic mass is 35.5. The molecule has 4 nitrogen and oxygen atoms in total. The Labute approximate surface area is 75.9 Å². The lowest BCUT2D eigenvalue weighted by molar-refractivity contribution is 0.143. The Morgan fingerprint density at radius 3 is 3.00 bits per heavy atom. The quantitative estimate of drug-likeness (QED) is 0.663. The minimum absolute atomic E-state index is 0.168. The van der Waals surface area contributed by atoms with Gasteiger partial charge in [0, 0.05) is 19.6 Å². The van der Waals surface area contributed by atoms with Gasteiger partial charge in [0.05, 0.1) is 0 Å². The van der Waals surface area contributed by atoms with Crippen molar-refractivity contribution < 1.29 is 9.26 Å². The number of halogens is 1. The third-order valence-corrected chi connectivity index (χ3v) is 1.48. The van der Waals surface area contributed by atoms with Crippen LogP contribution in [0, 0.1) is 0 Å². The molecule has 0 amide bonds. The molecule has 0 aliphatic heterocycles. The number of hydrogen-bond acceptors (Lipinski definition) is 4. The molecule has 0 aliphatic rings. The molecule has 1 rings (SSSR count). The molecule has 0 fully saturated rings. The van der Waals surface area contributed by atoms with Gasteiger partial charge in [-0.1, -0.05) is 0 Å². The molecule has 0 N–H and O–H groups in total. The molecule has 0 atom stereocenters. The van der Waals surface area contributed by atoms with Gasteiger partial charge in [-0.3, -0.25) is 0 Å². The number of rotatable bonds is 5. The van der Waals surface area contributed by atoms with Crippen molar-refractivity contribution in [3.05, 3.63) is 11.2 Å². The smallest absolute Gasteiger partial charge is 0.263 e. The van der Waals surface area contributed by atoms with Gasteiger partial charge in [-0.25, -0.2) is 0 Å². The van der Waals surface area contributed by atoms with Crippen molar-refractivity contribution in [3.8, 4) is 0 Å². The van der Waals surface area contributed by atoms with E-state index in [0.29, 0.717) is 5.89 Å². The predicted octanol–water partition coefficient (Wildman–Crippen LogP) is 1.69. The Morgan fingerprint density at radius 1 is 1.58 bits per heavy atom. The van der Waals surface area contributed by atoms with Crippen LogP contribution >= 0.6 is 11.6 Å². The van der Waals surface area contributed by atoms with Gasteiger partial charge < -0.3 is 9.26 Å². The van der Waals surface area contributed by atoms with Crippen molar-refractivity contribution in [2.75, 3.05) is 13.2 Å². The standard InChI is InChI=1S/C7H11ClN2O2/c1-2-11-5-3-4-6-9-7(8)10-12-6/h2-5H2,1H3. The van der Waals surface area contributed by atoms with Gasteiger partial charge in [-0.15, -0.1) is 0 Å². The van der Waals surface area contributed by atoms with Crippen molar-refractivity contribution in [1.82, 2.24) is 10.1 Å². The number of hydrogen-bond donors (Lipinski definition) is 0. The average molecular weight is 191 g/mol. The third kappa shape index (κ3) is 3.19. The Balaban J connectivity index is 2.15. The van der Waals surface area contributed by atoms with Crippen LogP contribution in [0.3, 0.4) is 0 Å². The summed E-state index contributed by atoms with van der Waals surface area (Å²) < 4.78 is 9.94. The summed E-state index contributed by atoms with van der Waals surface area (Å²) in [5, 5.41) is 3.62. The highest BCUT2D eigenvalue weighted by Gasteiger charge is 2.02. The first-order chi connectivity index (χ1) is 5.83. The first kappa shape index (κ1) is 9.48. The fourth-order valence-corrected chi connectivity index (χ4v) is 0.934. The molecule has 12 heavy (non-hydrogen) atoms. The summed E-state index contributed by atoms with van der Waals surface area (Å²) in [6.07, 6.45) is 1.60. The van der Waals surface area contributed by atoms with E-state index < -0.39 is 0 Å². The molecule has 0 radical (unpaired) electrons. The van der Waals surface area contributed by atoms with Crippen molar-refractivity contribution in [1.29, 1.82) is 0 Å². The van der Waals surface area contributed by atoms with Crippen LogP contribution in [-0.4, -0.2) is 23.4 Å². The van der Waals surface area contributed by atoms with E-state index in [-0.39, 0.29) is 5.28 Å². The molecule has 0 aliphatic carbocycles. The Hall–Kier alpha value is -0.610. The highest BCUT2D eigenvalue weighted by molar-refractivity contribution is 6.28. The molecule has 0 saturated carbocycles. The zero-order chi connectivity index (χ0) is 8.81. The lowest BCUT2D eigenvalue weighted by Crippen LogP contribution is -1.95. The summed E-state index contributed by atoms with van der Waals surface area (Å²) in [6, 6.07) is 0. The lowest BCUT2D eigenvalue weighted by Gasteiger charge is -1.96. The molecule has 0 bridgehead atoms. The highest BCUT2D eigenvalue weighted by Crippen LogP contribution is 2.04. The minimum atomic E-state index is 0.168. The molecule has 5 heteroatoms. The summed E-state index contributed by atoms with van der Waals surface area (Å²) in [5.41, 5.74) is 0. The van der Waals surface area contributed by atoms with Crippen molar-refractivity contribution in [3.63, 3.8) is 0 Å². The zero-order valence-corrected chi connectivity index (χ0v) is 7.67. The topological polar surface area (TPSA) is 48.2 Å². The fourth-order valence-electron chi connectivity index (χ4n) is 0.805. The fraction of sp³-hybridized carbons (Fsp3) is 0.714. The first-order valence-corrected chi connectivity index (χ1v) is 4.26. The van der Waals surface area contributed by atoms with E-state index in [1.54, 1.807) is 0 Å². The van der Waals surface area contributed by atoms with E-state index in [9.17, 15) is 0 Å². The molecule has 68 valence electrons. The van der Waals surface area contributed by atoms with Gasteiger partial charge >= 0.3 is 0 Å². The van der Waals surface area contributed by atoms with E-state index in [1.807, 2.05) is 6.92 Å². The third-order valence-electron chi connectivity index (χ3n) is 1.33. The minimum Gasteiger partial charge on any atom is -0.382 e. The van der Waals surface area contributed by atoms with Crippen LogP contribution in [0.5, 0.6) is 0 Å². The maximum Gasteiger partial charge on any atom is 0.263 e. The van der Waals surface area contributed by atoms with Gasteiger partial charge in [-0.05, 0) is 30.1 Å². The molecule has 0 unspecified atom stereocenters. The SMILES string of the molecule is CCOCCCc1nc(Cl)no1. The Bertz CT molecular complexity index is 227.